The van der Waals surface area contributed by atoms with E-state index in [1.54, 1.807) is 6.07 Å². The minimum Gasteiger partial charge on any atom is -0.339 e. The molecule has 0 spiro atoms. The van der Waals surface area contributed by atoms with Crippen molar-refractivity contribution in [3.63, 3.8) is 0 Å². The summed E-state index contributed by atoms with van der Waals surface area (Å²) in [5.41, 5.74) is 7.89. The van der Waals surface area contributed by atoms with Crippen molar-refractivity contribution in [3.8, 4) is 11.1 Å². The summed E-state index contributed by atoms with van der Waals surface area (Å²) in [6.45, 7) is 9.38. The maximum atomic E-state index is 14.8. The monoisotopic (exact) mass is 405 g/mol. The van der Waals surface area contributed by atoms with Gasteiger partial charge in [-0.1, -0.05) is 63.6 Å². The second-order valence-electron chi connectivity index (χ2n) is 8.97. The largest absolute Gasteiger partial charge is 0.339 e. The lowest BCUT2D eigenvalue weighted by Gasteiger charge is -2.32. The van der Waals surface area contributed by atoms with Crippen LogP contribution in [0.1, 0.15) is 50.8 Å². The zero-order valence-corrected chi connectivity index (χ0v) is 18.2. The lowest BCUT2D eigenvalue weighted by atomic mass is 9.81. The fourth-order valence-corrected chi connectivity index (χ4v) is 4.51. The molecule has 0 heterocycles. The molecule has 0 aromatic heterocycles. The fourth-order valence-electron chi connectivity index (χ4n) is 4.51. The average molecular weight is 406 g/mol. The van der Waals surface area contributed by atoms with E-state index in [2.05, 4.69) is 57.2 Å². The second-order valence-corrected chi connectivity index (χ2v) is 8.97. The first-order valence-corrected chi connectivity index (χ1v) is 10.8. The molecule has 0 aliphatic heterocycles. The molecule has 0 unspecified atom stereocenters. The number of fused-ring (bicyclic) bond motifs is 3. The Morgan fingerprint density at radius 1 is 0.933 bits per heavy atom. The molecule has 0 saturated heterocycles. The van der Waals surface area contributed by atoms with Crippen molar-refractivity contribution in [1.82, 2.24) is 0 Å². The Hall–Kier alpha value is -2.68. The first-order chi connectivity index (χ1) is 14.3. The summed E-state index contributed by atoms with van der Waals surface area (Å²) in [5.74, 6) is -1.07. The van der Waals surface area contributed by atoms with Crippen LogP contribution >= 0.6 is 0 Å². The number of halogens is 2. The highest BCUT2D eigenvalue weighted by Gasteiger charge is 2.29. The molecule has 1 aliphatic rings. The third-order valence-electron chi connectivity index (χ3n) is 6.45. The minimum absolute atomic E-state index is 0.134. The van der Waals surface area contributed by atoms with Gasteiger partial charge in [0.25, 0.3) is 0 Å². The van der Waals surface area contributed by atoms with Crippen molar-refractivity contribution < 1.29 is 8.78 Å². The summed E-state index contributed by atoms with van der Waals surface area (Å²) in [6.07, 6.45) is 2.79. The van der Waals surface area contributed by atoms with Gasteiger partial charge >= 0.3 is 0 Å². The van der Waals surface area contributed by atoms with Crippen molar-refractivity contribution in [1.29, 1.82) is 0 Å². The third kappa shape index (κ3) is 3.62. The molecule has 156 valence electrons. The van der Waals surface area contributed by atoms with Crippen molar-refractivity contribution in [2.24, 2.45) is 5.41 Å². The maximum Gasteiger partial charge on any atom is 0.149 e. The summed E-state index contributed by atoms with van der Waals surface area (Å²) in [5, 5.41) is 0. The molecule has 3 aromatic carbocycles. The maximum absolute atomic E-state index is 14.8. The van der Waals surface area contributed by atoms with Crippen LogP contribution in [0.4, 0.5) is 20.2 Å². The SMILES string of the molecule is CCN(c1ccc(F)cc1F)c1c(CC(C)(C)CC)ccc2c1Cc1ccccc1-2. The third-order valence-corrected chi connectivity index (χ3v) is 6.45. The Kier molecular flexibility index (Phi) is 5.40. The number of rotatable bonds is 6. The van der Waals surface area contributed by atoms with Crippen LogP contribution in [0.25, 0.3) is 11.1 Å². The smallest absolute Gasteiger partial charge is 0.149 e. The van der Waals surface area contributed by atoms with Gasteiger partial charge in [-0.25, -0.2) is 8.78 Å². The number of benzene rings is 3. The lowest BCUT2D eigenvalue weighted by Crippen LogP contribution is -2.23. The molecule has 0 fully saturated rings. The van der Waals surface area contributed by atoms with Gasteiger partial charge in [0, 0.05) is 24.7 Å². The number of hydrogen-bond donors (Lipinski definition) is 0. The van der Waals surface area contributed by atoms with E-state index < -0.39 is 11.6 Å². The lowest BCUT2D eigenvalue weighted by molar-refractivity contribution is 0.349. The molecule has 30 heavy (non-hydrogen) atoms. The molecule has 0 saturated carbocycles. The van der Waals surface area contributed by atoms with Crippen molar-refractivity contribution >= 4 is 11.4 Å². The molecule has 0 atom stereocenters. The Bertz CT molecular complexity index is 1080. The minimum atomic E-state index is -0.551. The molecule has 0 N–H and O–H groups in total. The standard InChI is InChI=1S/C27H29F2N/c1-5-27(3,4)17-19-11-13-22-21-10-8-7-9-18(21)15-23(22)26(19)30(6-2)25-14-12-20(28)16-24(25)29/h7-14,16H,5-6,15,17H2,1-4H3. The Labute approximate surface area is 178 Å². The Morgan fingerprint density at radius 3 is 2.40 bits per heavy atom. The van der Waals surface area contributed by atoms with Crippen LogP contribution in [-0.2, 0) is 12.8 Å². The van der Waals surface area contributed by atoms with Gasteiger partial charge in [-0.3, -0.25) is 0 Å². The molecule has 3 heteroatoms. The first-order valence-electron chi connectivity index (χ1n) is 10.8. The average Bonchev–Trinajstić information content (AvgIpc) is 3.09. The first kappa shape index (κ1) is 20.6. The summed E-state index contributed by atoms with van der Waals surface area (Å²) in [7, 11) is 0. The normalized spacial score (nSPS) is 12.6. The fraction of sp³-hybridized carbons (Fsp3) is 0.333. The predicted molar refractivity (Wildman–Crippen MR) is 121 cm³/mol. The predicted octanol–water partition coefficient (Wildman–Crippen LogP) is 7.67. The van der Waals surface area contributed by atoms with Gasteiger partial charge in [0.2, 0.25) is 0 Å². The summed E-state index contributed by atoms with van der Waals surface area (Å²) < 4.78 is 28.4. The summed E-state index contributed by atoms with van der Waals surface area (Å²) >= 11 is 0. The number of hydrogen-bond acceptors (Lipinski definition) is 1. The van der Waals surface area contributed by atoms with Gasteiger partial charge < -0.3 is 4.90 Å². The van der Waals surface area contributed by atoms with Gasteiger partial charge in [0.1, 0.15) is 11.6 Å². The summed E-state index contributed by atoms with van der Waals surface area (Å²) in [6, 6.07) is 16.8. The van der Waals surface area contributed by atoms with Crippen LogP contribution < -0.4 is 4.90 Å². The molecule has 0 amide bonds. The van der Waals surface area contributed by atoms with E-state index >= 15 is 0 Å². The summed E-state index contributed by atoms with van der Waals surface area (Å²) in [4.78, 5) is 2.03. The van der Waals surface area contributed by atoms with Gasteiger partial charge in [-0.15, -0.1) is 0 Å². The highest BCUT2D eigenvalue weighted by atomic mass is 19.1. The molecule has 4 rings (SSSR count). The van der Waals surface area contributed by atoms with E-state index in [9.17, 15) is 8.78 Å². The van der Waals surface area contributed by atoms with E-state index in [0.717, 1.165) is 31.0 Å². The highest BCUT2D eigenvalue weighted by molar-refractivity contribution is 5.86. The van der Waals surface area contributed by atoms with Crippen LogP contribution in [-0.4, -0.2) is 6.54 Å². The van der Waals surface area contributed by atoms with Crippen LogP contribution in [0, 0.1) is 17.0 Å². The zero-order chi connectivity index (χ0) is 21.5. The van der Waals surface area contributed by atoms with Gasteiger partial charge in [0.05, 0.1) is 5.69 Å². The Morgan fingerprint density at radius 2 is 1.70 bits per heavy atom. The molecular formula is C27H29F2N. The van der Waals surface area contributed by atoms with Crippen molar-refractivity contribution in [2.45, 2.75) is 47.0 Å². The topological polar surface area (TPSA) is 3.24 Å². The van der Waals surface area contributed by atoms with Gasteiger partial charge in [-0.2, -0.15) is 0 Å². The van der Waals surface area contributed by atoms with E-state index in [0.29, 0.717) is 12.2 Å². The van der Waals surface area contributed by atoms with Gasteiger partial charge in [0.15, 0.2) is 0 Å². The van der Waals surface area contributed by atoms with Crippen LogP contribution in [0.3, 0.4) is 0 Å². The molecule has 3 aromatic rings. The second kappa shape index (κ2) is 7.86. The van der Waals surface area contributed by atoms with E-state index in [4.69, 9.17) is 0 Å². The Balaban J connectivity index is 1.93. The van der Waals surface area contributed by atoms with Crippen LogP contribution in [0.5, 0.6) is 0 Å². The van der Waals surface area contributed by atoms with E-state index in [1.807, 2.05) is 11.8 Å². The number of anilines is 2. The zero-order valence-electron chi connectivity index (χ0n) is 18.2. The van der Waals surface area contributed by atoms with E-state index in [1.165, 1.54) is 33.9 Å². The molecule has 0 radical (unpaired) electrons. The van der Waals surface area contributed by atoms with E-state index in [-0.39, 0.29) is 5.41 Å². The quantitative estimate of drug-likeness (QED) is 0.318. The van der Waals surface area contributed by atoms with Crippen LogP contribution in [0.2, 0.25) is 0 Å². The van der Waals surface area contributed by atoms with Crippen LogP contribution in [0.15, 0.2) is 54.6 Å². The highest BCUT2D eigenvalue weighted by Crippen LogP contribution is 2.46. The molecule has 1 aliphatic carbocycles. The molecule has 0 bridgehead atoms. The molecule has 1 nitrogen and oxygen atoms in total. The van der Waals surface area contributed by atoms with Crippen molar-refractivity contribution in [2.75, 3.05) is 11.4 Å². The molecular weight excluding hydrogens is 376 g/mol. The number of nitrogens with zero attached hydrogens (tertiary/aromatic N) is 1. The van der Waals surface area contributed by atoms with Crippen molar-refractivity contribution in [3.05, 3.63) is 82.9 Å². The van der Waals surface area contributed by atoms with Gasteiger partial charge in [-0.05, 0) is 58.7 Å².